The predicted octanol–water partition coefficient (Wildman–Crippen LogP) is 4.86. The molecule has 120 valence electrons. The van der Waals surface area contributed by atoms with E-state index < -0.39 is 0 Å². The fraction of sp³-hybridized carbons (Fsp3) is 0.444. The largest absolute Gasteiger partial charge is 0.474 e. The molecule has 2 aromatic carbocycles. The molecule has 3 rings (SSSR count). The van der Waals surface area contributed by atoms with Crippen molar-refractivity contribution in [2.45, 2.75) is 39.0 Å². The van der Waals surface area contributed by atoms with Gasteiger partial charge < -0.3 is 4.74 Å². The van der Waals surface area contributed by atoms with Gasteiger partial charge in [0.2, 0.25) is 0 Å². The smallest absolute Gasteiger partial charge is 0.149 e. The number of piperidine rings is 1. The Bertz CT molecular complexity index is 718. The Morgan fingerprint density at radius 1 is 1.17 bits per heavy atom. The number of ether oxygens (including phenoxy) is 1. The van der Waals surface area contributed by atoms with Gasteiger partial charge in [0.1, 0.15) is 12.0 Å². The number of benzene rings is 2. The second-order valence-electron chi connectivity index (χ2n) is 5.98. The molecule has 5 heteroatoms. The number of hydrogen-bond donors (Lipinski definition) is 0. The number of nitrogens with zero attached hydrogens (tertiary/aromatic N) is 4. The Kier molecular flexibility index (Phi) is 5.01. The SMILES string of the molecule is CC(Oc1c(CN=[N+]=[N-])ccc2ccccc12)N1CCCCC1. The summed E-state index contributed by atoms with van der Waals surface area (Å²) in [7, 11) is 0. The van der Waals surface area contributed by atoms with E-state index in [4.69, 9.17) is 10.3 Å². The molecule has 0 bridgehead atoms. The first-order valence-electron chi connectivity index (χ1n) is 8.22. The molecule has 1 unspecified atom stereocenters. The third-order valence-electron chi connectivity index (χ3n) is 4.46. The molecule has 0 amide bonds. The van der Waals surface area contributed by atoms with E-state index in [1.807, 2.05) is 18.2 Å². The Balaban J connectivity index is 1.93. The summed E-state index contributed by atoms with van der Waals surface area (Å²) in [5, 5.41) is 5.92. The van der Waals surface area contributed by atoms with Crippen LogP contribution in [0.25, 0.3) is 21.2 Å². The van der Waals surface area contributed by atoms with Gasteiger partial charge in [0, 0.05) is 29.0 Å². The van der Waals surface area contributed by atoms with Gasteiger partial charge in [0.15, 0.2) is 0 Å². The summed E-state index contributed by atoms with van der Waals surface area (Å²) in [5.41, 5.74) is 9.56. The molecular weight excluding hydrogens is 288 g/mol. The lowest BCUT2D eigenvalue weighted by Crippen LogP contribution is -2.40. The van der Waals surface area contributed by atoms with Crippen LogP contribution in [0.15, 0.2) is 41.5 Å². The van der Waals surface area contributed by atoms with Crippen molar-refractivity contribution in [1.29, 1.82) is 0 Å². The molecule has 1 fully saturated rings. The van der Waals surface area contributed by atoms with Gasteiger partial charge >= 0.3 is 0 Å². The van der Waals surface area contributed by atoms with Gasteiger partial charge in [-0.3, -0.25) is 4.90 Å². The zero-order valence-electron chi connectivity index (χ0n) is 13.5. The second-order valence-corrected chi connectivity index (χ2v) is 5.98. The van der Waals surface area contributed by atoms with Gasteiger partial charge in [0.05, 0.1) is 6.54 Å². The summed E-state index contributed by atoms with van der Waals surface area (Å²) in [6.45, 7) is 4.57. The van der Waals surface area contributed by atoms with E-state index in [-0.39, 0.29) is 6.23 Å². The van der Waals surface area contributed by atoms with E-state index >= 15 is 0 Å². The number of fused-ring (bicyclic) bond motifs is 1. The Morgan fingerprint density at radius 3 is 2.74 bits per heavy atom. The Morgan fingerprint density at radius 2 is 1.96 bits per heavy atom. The van der Waals surface area contributed by atoms with Crippen LogP contribution in [-0.4, -0.2) is 24.2 Å². The molecule has 1 aliphatic rings. The van der Waals surface area contributed by atoms with Crippen LogP contribution in [0.1, 0.15) is 31.7 Å². The normalized spacial score (nSPS) is 16.7. The van der Waals surface area contributed by atoms with Crippen LogP contribution in [-0.2, 0) is 6.54 Å². The summed E-state index contributed by atoms with van der Waals surface area (Å²) < 4.78 is 6.34. The first-order valence-corrected chi connectivity index (χ1v) is 8.22. The molecule has 0 saturated carbocycles. The van der Waals surface area contributed by atoms with Crippen molar-refractivity contribution in [3.05, 3.63) is 52.4 Å². The molecule has 0 aliphatic carbocycles. The van der Waals surface area contributed by atoms with E-state index in [1.54, 1.807) is 0 Å². The number of rotatable bonds is 5. The minimum Gasteiger partial charge on any atom is -0.474 e. The van der Waals surface area contributed by atoms with E-state index in [1.165, 1.54) is 19.3 Å². The first-order chi connectivity index (χ1) is 11.3. The van der Waals surface area contributed by atoms with Crippen LogP contribution >= 0.6 is 0 Å². The Hall–Kier alpha value is -2.23. The highest BCUT2D eigenvalue weighted by molar-refractivity contribution is 5.89. The Labute approximate surface area is 136 Å². The maximum Gasteiger partial charge on any atom is 0.149 e. The highest BCUT2D eigenvalue weighted by atomic mass is 16.5. The van der Waals surface area contributed by atoms with Crippen LogP contribution in [0.4, 0.5) is 0 Å². The van der Waals surface area contributed by atoms with Crippen molar-refractivity contribution >= 4 is 10.8 Å². The maximum atomic E-state index is 8.63. The van der Waals surface area contributed by atoms with Crippen LogP contribution in [0.5, 0.6) is 5.75 Å². The van der Waals surface area contributed by atoms with Gasteiger partial charge in [-0.25, -0.2) is 0 Å². The summed E-state index contributed by atoms with van der Waals surface area (Å²) in [5.74, 6) is 0.841. The second kappa shape index (κ2) is 7.36. The van der Waals surface area contributed by atoms with Crippen molar-refractivity contribution in [2.24, 2.45) is 5.11 Å². The van der Waals surface area contributed by atoms with Gasteiger partial charge in [-0.1, -0.05) is 47.9 Å². The highest BCUT2D eigenvalue weighted by Crippen LogP contribution is 2.32. The topological polar surface area (TPSA) is 61.2 Å². The van der Waals surface area contributed by atoms with Crippen LogP contribution < -0.4 is 4.74 Å². The fourth-order valence-electron chi connectivity index (χ4n) is 3.19. The average molecular weight is 310 g/mol. The van der Waals surface area contributed by atoms with Crippen LogP contribution in [0.3, 0.4) is 0 Å². The van der Waals surface area contributed by atoms with Gasteiger partial charge in [-0.15, -0.1) is 0 Å². The lowest BCUT2D eigenvalue weighted by atomic mass is 10.1. The van der Waals surface area contributed by atoms with Gasteiger partial charge in [0.25, 0.3) is 0 Å². The molecule has 1 saturated heterocycles. The predicted molar refractivity (Wildman–Crippen MR) is 92.3 cm³/mol. The van der Waals surface area contributed by atoms with Gasteiger partial charge in [-0.2, -0.15) is 0 Å². The number of hydrogen-bond acceptors (Lipinski definition) is 3. The third kappa shape index (κ3) is 3.58. The van der Waals surface area contributed by atoms with Gasteiger partial charge in [-0.05, 0) is 30.7 Å². The van der Waals surface area contributed by atoms with Crippen LogP contribution in [0.2, 0.25) is 0 Å². The zero-order valence-corrected chi connectivity index (χ0v) is 13.5. The monoisotopic (exact) mass is 310 g/mol. The van der Waals surface area contributed by atoms with E-state index in [2.05, 4.69) is 40.0 Å². The van der Waals surface area contributed by atoms with E-state index in [0.717, 1.165) is 35.2 Å². The lowest BCUT2D eigenvalue weighted by Gasteiger charge is -2.33. The molecule has 1 heterocycles. The minimum absolute atomic E-state index is 0.0194. The standard InChI is InChI=1S/C18H22N4O/c1-14(22-11-5-2-6-12-22)23-18-16(13-20-21-19)10-9-15-7-3-4-8-17(15)18/h3-4,7-10,14H,2,5-6,11-13H2,1H3. The van der Waals surface area contributed by atoms with Crippen LogP contribution in [0, 0.1) is 0 Å². The average Bonchev–Trinajstić information content (AvgIpc) is 2.61. The summed E-state index contributed by atoms with van der Waals surface area (Å²) in [6.07, 6.45) is 3.79. The quantitative estimate of drug-likeness (QED) is 0.450. The zero-order chi connectivity index (χ0) is 16.1. The van der Waals surface area contributed by atoms with Crippen molar-refractivity contribution in [3.63, 3.8) is 0 Å². The van der Waals surface area contributed by atoms with Crippen molar-refractivity contribution in [2.75, 3.05) is 13.1 Å². The number of azide groups is 1. The molecule has 0 radical (unpaired) electrons. The minimum atomic E-state index is 0.0194. The fourth-order valence-corrected chi connectivity index (χ4v) is 3.19. The maximum absolute atomic E-state index is 8.63. The first kappa shape index (κ1) is 15.7. The molecule has 0 spiro atoms. The lowest BCUT2D eigenvalue weighted by molar-refractivity contribution is 0.0267. The molecule has 1 aliphatic heterocycles. The summed E-state index contributed by atoms with van der Waals surface area (Å²) >= 11 is 0. The van der Waals surface area contributed by atoms with E-state index in [9.17, 15) is 0 Å². The molecule has 23 heavy (non-hydrogen) atoms. The highest BCUT2D eigenvalue weighted by Gasteiger charge is 2.20. The van der Waals surface area contributed by atoms with Crippen molar-refractivity contribution < 1.29 is 4.74 Å². The molecule has 0 N–H and O–H groups in total. The molecule has 2 aromatic rings. The number of likely N-dealkylation sites (tertiary alicyclic amines) is 1. The summed E-state index contributed by atoms with van der Waals surface area (Å²) in [6, 6.07) is 12.2. The van der Waals surface area contributed by atoms with Crippen molar-refractivity contribution in [1.82, 2.24) is 4.90 Å². The molecular formula is C18H22N4O. The van der Waals surface area contributed by atoms with Crippen molar-refractivity contribution in [3.8, 4) is 5.75 Å². The summed E-state index contributed by atoms with van der Waals surface area (Å²) in [4.78, 5) is 5.26. The molecule has 1 atom stereocenters. The third-order valence-corrected chi connectivity index (χ3v) is 4.46. The van der Waals surface area contributed by atoms with E-state index in [0.29, 0.717) is 6.54 Å². The molecule has 0 aromatic heterocycles. The molecule has 5 nitrogen and oxygen atoms in total.